The van der Waals surface area contributed by atoms with E-state index >= 15 is 0 Å². The number of hydrogen-bond donors (Lipinski definition) is 0. The molecule has 0 saturated carbocycles. The average molecular weight is 469 g/mol. The van der Waals surface area contributed by atoms with Gasteiger partial charge in [-0.3, -0.25) is 19.3 Å². The summed E-state index contributed by atoms with van der Waals surface area (Å²) in [6.07, 6.45) is 0.427. The van der Waals surface area contributed by atoms with Gasteiger partial charge in [0.25, 0.3) is 5.91 Å². The molecule has 2 unspecified atom stereocenters. The third kappa shape index (κ3) is 2.48. The van der Waals surface area contributed by atoms with E-state index in [0.29, 0.717) is 24.2 Å². The number of ether oxygens (including phenoxy) is 3. The molecule has 5 rings (SSSR count). The molecule has 3 saturated heterocycles. The van der Waals surface area contributed by atoms with Gasteiger partial charge in [-0.2, -0.15) is 0 Å². The van der Waals surface area contributed by atoms with Gasteiger partial charge in [-0.05, 0) is 25.8 Å². The Labute approximate surface area is 197 Å². The molecule has 4 aliphatic rings. The number of piperidine rings is 1. The molecular formula is C25H28N2O7. The minimum atomic E-state index is -1.80. The standard InChI is InChI=1S/C25H28N2O7/c1-5-17(28)24-16-12-13-33-22(30)19(16)25(34-24)26(6-2)14(3)18(21(29)32-4)20(27(25)23(24)31)15-10-8-7-9-11-15/h7-11,16,19-20H,5-6,12-13H2,1-4H3/t16-,19-,20?,24?,25-/m0/s1. The highest BCUT2D eigenvalue weighted by atomic mass is 16.6. The van der Waals surface area contributed by atoms with E-state index < -0.39 is 47.2 Å². The summed E-state index contributed by atoms with van der Waals surface area (Å²) >= 11 is 0. The van der Waals surface area contributed by atoms with Crippen LogP contribution in [0.25, 0.3) is 0 Å². The SMILES string of the molecule is CCC(=O)C12O[C@@]3([C@@H]4C(=O)OCC[C@@H]41)N(CC)C(C)=C(C(=O)OC)C(c1ccccc1)N3C2=O. The lowest BCUT2D eigenvalue weighted by atomic mass is 9.68. The van der Waals surface area contributed by atoms with Gasteiger partial charge in [-0.15, -0.1) is 0 Å². The van der Waals surface area contributed by atoms with Crippen LogP contribution in [-0.4, -0.2) is 65.1 Å². The molecule has 34 heavy (non-hydrogen) atoms. The van der Waals surface area contributed by atoms with E-state index in [1.54, 1.807) is 30.9 Å². The lowest BCUT2D eigenvalue weighted by Crippen LogP contribution is -2.71. The van der Waals surface area contributed by atoms with Crippen LogP contribution in [0.1, 0.15) is 45.2 Å². The normalized spacial score (nSPS) is 34.1. The Morgan fingerprint density at radius 2 is 1.88 bits per heavy atom. The number of hydrogen-bond acceptors (Lipinski definition) is 8. The Bertz CT molecular complexity index is 1120. The molecule has 1 amide bonds. The molecule has 4 aliphatic heterocycles. The fraction of sp³-hybridized carbons (Fsp3) is 0.520. The van der Waals surface area contributed by atoms with Crippen molar-refractivity contribution in [2.24, 2.45) is 11.8 Å². The topological polar surface area (TPSA) is 102 Å². The molecule has 0 aliphatic carbocycles. The van der Waals surface area contributed by atoms with Crippen LogP contribution in [0.3, 0.4) is 0 Å². The molecule has 9 heteroatoms. The van der Waals surface area contributed by atoms with Crippen LogP contribution in [0.4, 0.5) is 0 Å². The number of fused-ring (bicyclic) bond motifs is 3. The molecule has 5 atom stereocenters. The Balaban J connectivity index is 1.85. The molecule has 4 heterocycles. The van der Waals surface area contributed by atoms with Crippen molar-refractivity contribution in [2.45, 2.75) is 51.1 Å². The zero-order chi connectivity index (χ0) is 24.4. The molecule has 3 fully saturated rings. The van der Waals surface area contributed by atoms with E-state index in [9.17, 15) is 19.2 Å². The van der Waals surface area contributed by atoms with Crippen LogP contribution in [0.5, 0.6) is 0 Å². The van der Waals surface area contributed by atoms with Crippen molar-refractivity contribution < 1.29 is 33.4 Å². The molecule has 0 radical (unpaired) electrons. The number of allylic oxidation sites excluding steroid dienone is 1. The summed E-state index contributed by atoms with van der Waals surface area (Å²) < 4.78 is 17.2. The summed E-state index contributed by atoms with van der Waals surface area (Å²) in [5, 5.41) is 0. The maximum atomic E-state index is 14.3. The second kappa shape index (κ2) is 7.66. The number of Topliss-reactive ketones (excluding diaryl/α,β-unsaturated/α-hetero) is 1. The maximum Gasteiger partial charge on any atom is 0.337 e. The largest absolute Gasteiger partial charge is 0.466 e. The zero-order valence-corrected chi connectivity index (χ0v) is 19.7. The zero-order valence-electron chi connectivity index (χ0n) is 19.7. The van der Waals surface area contributed by atoms with Crippen molar-refractivity contribution in [3.05, 3.63) is 47.2 Å². The first-order chi connectivity index (χ1) is 16.3. The fourth-order valence-electron chi connectivity index (χ4n) is 6.46. The summed E-state index contributed by atoms with van der Waals surface area (Å²) in [5.74, 6) is -5.09. The van der Waals surface area contributed by atoms with Crippen molar-refractivity contribution in [1.29, 1.82) is 0 Å². The van der Waals surface area contributed by atoms with Gasteiger partial charge in [-0.1, -0.05) is 37.3 Å². The summed E-state index contributed by atoms with van der Waals surface area (Å²) in [4.78, 5) is 57.3. The van der Waals surface area contributed by atoms with Gasteiger partial charge >= 0.3 is 11.9 Å². The maximum absolute atomic E-state index is 14.3. The van der Waals surface area contributed by atoms with E-state index in [1.165, 1.54) is 12.0 Å². The highest BCUT2D eigenvalue weighted by molar-refractivity contribution is 6.14. The summed E-state index contributed by atoms with van der Waals surface area (Å²) in [7, 11) is 1.29. The third-order valence-electron chi connectivity index (χ3n) is 7.73. The Hall–Kier alpha value is -3.20. The predicted octanol–water partition coefficient (Wildman–Crippen LogP) is 1.93. The van der Waals surface area contributed by atoms with Crippen LogP contribution >= 0.6 is 0 Å². The van der Waals surface area contributed by atoms with E-state index in [4.69, 9.17) is 14.2 Å². The Morgan fingerprint density at radius 3 is 2.50 bits per heavy atom. The highest BCUT2D eigenvalue weighted by Gasteiger charge is 2.84. The van der Waals surface area contributed by atoms with Crippen LogP contribution in [-0.2, 0) is 33.4 Å². The fourth-order valence-corrected chi connectivity index (χ4v) is 6.46. The second-order valence-corrected chi connectivity index (χ2v) is 9.04. The molecule has 1 spiro atoms. The van der Waals surface area contributed by atoms with E-state index in [0.717, 1.165) is 0 Å². The molecule has 180 valence electrons. The van der Waals surface area contributed by atoms with E-state index in [2.05, 4.69) is 0 Å². The summed E-state index contributed by atoms with van der Waals surface area (Å²) in [6.45, 7) is 5.74. The van der Waals surface area contributed by atoms with Gasteiger partial charge in [0.2, 0.25) is 11.4 Å². The van der Waals surface area contributed by atoms with Gasteiger partial charge in [0.15, 0.2) is 5.78 Å². The first kappa shape index (κ1) is 22.6. The third-order valence-corrected chi connectivity index (χ3v) is 7.73. The first-order valence-corrected chi connectivity index (χ1v) is 11.7. The van der Waals surface area contributed by atoms with Crippen molar-refractivity contribution in [3.8, 4) is 0 Å². The number of ketones is 1. The summed E-state index contributed by atoms with van der Waals surface area (Å²) in [6, 6.07) is 8.16. The molecule has 1 aromatic rings. The Morgan fingerprint density at radius 1 is 1.18 bits per heavy atom. The number of carbonyl (C=O) groups excluding carboxylic acids is 4. The summed E-state index contributed by atoms with van der Waals surface area (Å²) in [5.41, 5.74) is -0.344. The number of esters is 2. The van der Waals surface area contributed by atoms with Crippen molar-refractivity contribution in [3.63, 3.8) is 0 Å². The smallest absolute Gasteiger partial charge is 0.337 e. The quantitative estimate of drug-likeness (QED) is 0.477. The van der Waals surface area contributed by atoms with Gasteiger partial charge in [-0.25, -0.2) is 4.79 Å². The number of amides is 1. The monoisotopic (exact) mass is 468 g/mol. The number of methoxy groups -OCH3 is 1. The van der Waals surface area contributed by atoms with E-state index in [1.807, 2.05) is 25.1 Å². The number of benzene rings is 1. The molecular weight excluding hydrogens is 440 g/mol. The molecule has 2 bridgehead atoms. The van der Waals surface area contributed by atoms with Crippen LogP contribution in [0.2, 0.25) is 0 Å². The highest BCUT2D eigenvalue weighted by Crippen LogP contribution is 2.65. The number of rotatable bonds is 5. The van der Waals surface area contributed by atoms with Crippen LogP contribution in [0.15, 0.2) is 41.6 Å². The van der Waals surface area contributed by atoms with Gasteiger partial charge in [0.05, 0.1) is 25.3 Å². The first-order valence-electron chi connectivity index (χ1n) is 11.7. The van der Waals surface area contributed by atoms with E-state index in [-0.39, 0.29) is 24.4 Å². The number of cyclic esters (lactones) is 1. The second-order valence-electron chi connectivity index (χ2n) is 9.04. The molecule has 9 nitrogen and oxygen atoms in total. The van der Waals surface area contributed by atoms with Crippen molar-refractivity contribution >= 4 is 23.6 Å². The van der Waals surface area contributed by atoms with Gasteiger partial charge < -0.3 is 19.1 Å². The minimum Gasteiger partial charge on any atom is -0.466 e. The Kier molecular flexibility index (Phi) is 5.09. The molecule has 0 aromatic heterocycles. The van der Waals surface area contributed by atoms with Crippen molar-refractivity contribution in [1.82, 2.24) is 9.80 Å². The number of nitrogens with zero attached hydrogens (tertiary/aromatic N) is 2. The molecule has 0 N–H and O–H groups in total. The lowest BCUT2D eigenvalue weighted by molar-refractivity contribution is -0.228. The van der Waals surface area contributed by atoms with Gasteiger partial charge in [0, 0.05) is 24.6 Å². The van der Waals surface area contributed by atoms with Crippen molar-refractivity contribution in [2.75, 3.05) is 20.3 Å². The van der Waals surface area contributed by atoms with Crippen LogP contribution in [0, 0.1) is 11.8 Å². The lowest BCUT2D eigenvalue weighted by Gasteiger charge is -2.56. The molecule has 1 aromatic carbocycles. The van der Waals surface area contributed by atoms with Crippen LogP contribution < -0.4 is 0 Å². The van der Waals surface area contributed by atoms with Gasteiger partial charge in [0.1, 0.15) is 5.92 Å². The predicted molar refractivity (Wildman–Crippen MR) is 118 cm³/mol. The number of carbonyl (C=O) groups is 4. The minimum absolute atomic E-state index is 0.0757. The average Bonchev–Trinajstić information content (AvgIpc) is 3.30.